The normalized spacial score (nSPS) is 40.3. The maximum Gasteiger partial charge on any atom is 0.0570 e. The lowest BCUT2D eigenvalue weighted by molar-refractivity contribution is 0.0656. The third kappa shape index (κ3) is 0.924. The first-order valence-electron chi connectivity index (χ1n) is 2.68. The van der Waals surface area contributed by atoms with Crippen molar-refractivity contribution in [2.24, 2.45) is 0 Å². The van der Waals surface area contributed by atoms with Crippen LogP contribution in [0.4, 0.5) is 0 Å². The van der Waals surface area contributed by atoms with E-state index < -0.39 is 0 Å². The first kappa shape index (κ1) is 5.06. The SMILES string of the molecule is CNC1CC(O)C1. The van der Waals surface area contributed by atoms with E-state index >= 15 is 0 Å². The number of rotatable bonds is 1. The van der Waals surface area contributed by atoms with Gasteiger partial charge in [-0.1, -0.05) is 0 Å². The summed E-state index contributed by atoms with van der Waals surface area (Å²) < 4.78 is 0. The van der Waals surface area contributed by atoms with Crippen LogP contribution in [0, 0.1) is 0 Å². The van der Waals surface area contributed by atoms with E-state index in [1.807, 2.05) is 7.05 Å². The highest BCUT2D eigenvalue weighted by Crippen LogP contribution is 2.18. The van der Waals surface area contributed by atoms with Crippen molar-refractivity contribution in [3.8, 4) is 0 Å². The number of hydrogen-bond donors (Lipinski definition) is 2. The third-order valence-electron chi connectivity index (χ3n) is 1.52. The molecule has 0 aromatic carbocycles. The topological polar surface area (TPSA) is 32.3 Å². The summed E-state index contributed by atoms with van der Waals surface area (Å²) in [5, 5.41) is 11.8. The minimum absolute atomic E-state index is 0.0163. The van der Waals surface area contributed by atoms with Crippen molar-refractivity contribution in [3.05, 3.63) is 0 Å². The summed E-state index contributed by atoms with van der Waals surface area (Å²) in [5.74, 6) is 0. The zero-order valence-electron chi connectivity index (χ0n) is 4.52. The van der Waals surface area contributed by atoms with Crippen LogP contribution in [0.25, 0.3) is 0 Å². The average Bonchev–Trinajstić information content (AvgIpc) is 1.58. The first-order valence-corrected chi connectivity index (χ1v) is 2.68. The molecule has 1 rings (SSSR count). The van der Waals surface area contributed by atoms with Gasteiger partial charge in [-0.25, -0.2) is 0 Å². The number of hydrogen-bond acceptors (Lipinski definition) is 2. The van der Waals surface area contributed by atoms with Crippen LogP contribution in [-0.4, -0.2) is 24.3 Å². The number of aliphatic hydroxyl groups is 1. The molecule has 0 heterocycles. The smallest absolute Gasteiger partial charge is 0.0570 e. The second-order valence-corrected chi connectivity index (χ2v) is 2.11. The van der Waals surface area contributed by atoms with Crippen molar-refractivity contribution < 1.29 is 5.11 Å². The highest BCUT2D eigenvalue weighted by atomic mass is 16.3. The molecule has 42 valence electrons. The predicted octanol–water partition coefficient (Wildman–Crippen LogP) is -0.271. The van der Waals surface area contributed by atoms with Gasteiger partial charge in [0.15, 0.2) is 0 Å². The quantitative estimate of drug-likeness (QED) is 0.476. The Morgan fingerprint density at radius 3 is 2.29 bits per heavy atom. The molecule has 0 amide bonds. The fourth-order valence-electron chi connectivity index (χ4n) is 0.824. The van der Waals surface area contributed by atoms with Crippen molar-refractivity contribution in [1.29, 1.82) is 0 Å². The van der Waals surface area contributed by atoms with Gasteiger partial charge in [-0.15, -0.1) is 0 Å². The van der Waals surface area contributed by atoms with Crippen molar-refractivity contribution in [2.75, 3.05) is 7.05 Å². The van der Waals surface area contributed by atoms with Gasteiger partial charge in [0.05, 0.1) is 6.10 Å². The van der Waals surface area contributed by atoms with Crippen LogP contribution in [0.1, 0.15) is 12.8 Å². The molecule has 0 aliphatic heterocycles. The van der Waals surface area contributed by atoms with Crippen LogP contribution < -0.4 is 5.32 Å². The van der Waals surface area contributed by atoms with Gasteiger partial charge in [-0.05, 0) is 19.9 Å². The molecule has 1 fully saturated rings. The van der Waals surface area contributed by atoms with Crippen molar-refractivity contribution in [1.82, 2.24) is 5.32 Å². The van der Waals surface area contributed by atoms with Gasteiger partial charge in [0.1, 0.15) is 0 Å². The predicted molar refractivity (Wildman–Crippen MR) is 28.1 cm³/mol. The molecule has 0 saturated heterocycles. The van der Waals surface area contributed by atoms with E-state index in [0.717, 1.165) is 12.8 Å². The van der Waals surface area contributed by atoms with Crippen LogP contribution in [-0.2, 0) is 0 Å². The van der Waals surface area contributed by atoms with Gasteiger partial charge in [-0.3, -0.25) is 0 Å². The molecule has 2 heteroatoms. The molecule has 2 nitrogen and oxygen atoms in total. The van der Waals surface area contributed by atoms with Crippen molar-refractivity contribution in [2.45, 2.75) is 25.0 Å². The van der Waals surface area contributed by atoms with Crippen LogP contribution in [0.15, 0.2) is 0 Å². The molecule has 0 radical (unpaired) electrons. The first-order chi connectivity index (χ1) is 3.33. The van der Waals surface area contributed by atoms with Crippen molar-refractivity contribution in [3.63, 3.8) is 0 Å². The molecule has 0 aromatic heterocycles. The Labute approximate surface area is 43.5 Å². The summed E-state index contributed by atoms with van der Waals surface area (Å²) in [6.45, 7) is 0. The van der Waals surface area contributed by atoms with Gasteiger partial charge in [-0.2, -0.15) is 0 Å². The zero-order chi connectivity index (χ0) is 5.28. The maximum atomic E-state index is 8.71. The lowest BCUT2D eigenvalue weighted by Crippen LogP contribution is -2.42. The fourth-order valence-corrected chi connectivity index (χ4v) is 0.824. The van der Waals surface area contributed by atoms with Gasteiger partial charge >= 0.3 is 0 Å². The summed E-state index contributed by atoms with van der Waals surface area (Å²) in [6.07, 6.45) is 1.87. The van der Waals surface area contributed by atoms with E-state index in [-0.39, 0.29) is 6.10 Å². The van der Waals surface area contributed by atoms with Crippen LogP contribution in [0.3, 0.4) is 0 Å². The van der Waals surface area contributed by atoms with Crippen LogP contribution >= 0.6 is 0 Å². The molecule has 0 spiro atoms. The molecule has 1 aliphatic rings. The van der Waals surface area contributed by atoms with E-state index in [2.05, 4.69) is 5.32 Å². The van der Waals surface area contributed by atoms with Crippen LogP contribution in [0.5, 0.6) is 0 Å². The second kappa shape index (κ2) is 1.80. The summed E-state index contributed by atoms with van der Waals surface area (Å²) in [7, 11) is 1.93. The molecule has 1 saturated carbocycles. The zero-order valence-corrected chi connectivity index (χ0v) is 4.52. The third-order valence-corrected chi connectivity index (χ3v) is 1.52. The lowest BCUT2D eigenvalue weighted by atomic mass is 9.90. The Morgan fingerprint density at radius 1 is 1.57 bits per heavy atom. The Kier molecular flexibility index (Phi) is 1.30. The highest BCUT2D eigenvalue weighted by Gasteiger charge is 2.24. The summed E-state index contributed by atoms with van der Waals surface area (Å²) in [4.78, 5) is 0. The molecular weight excluding hydrogens is 90.1 g/mol. The Balaban J connectivity index is 2.06. The molecule has 0 unspecified atom stereocenters. The van der Waals surface area contributed by atoms with Gasteiger partial charge in [0.2, 0.25) is 0 Å². The van der Waals surface area contributed by atoms with Gasteiger partial charge in [0.25, 0.3) is 0 Å². The Hall–Kier alpha value is -0.0800. The molecule has 0 aromatic rings. The molecule has 2 N–H and O–H groups in total. The van der Waals surface area contributed by atoms with E-state index in [4.69, 9.17) is 5.11 Å². The minimum Gasteiger partial charge on any atom is -0.393 e. The number of nitrogens with one attached hydrogen (secondary N) is 1. The Morgan fingerprint density at radius 2 is 2.14 bits per heavy atom. The largest absolute Gasteiger partial charge is 0.393 e. The van der Waals surface area contributed by atoms with Crippen molar-refractivity contribution >= 4 is 0 Å². The molecule has 7 heavy (non-hydrogen) atoms. The van der Waals surface area contributed by atoms with E-state index in [1.165, 1.54) is 0 Å². The molecular formula is C5H11NO. The monoisotopic (exact) mass is 101 g/mol. The summed E-state index contributed by atoms with van der Waals surface area (Å²) in [5.41, 5.74) is 0. The lowest BCUT2D eigenvalue weighted by Gasteiger charge is -2.30. The Bertz CT molecular complexity index is 59.1. The van der Waals surface area contributed by atoms with E-state index in [9.17, 15) is 0 Å². The van der Waals surface area contributed by atoms with E-state index in [0.29, 0.717) is 6.04 Å². The minimum atomic E-state index is -0.0163. The van der Waals surface area contributed by atoms with E-state index in [1.54, 1.807) is 0 Å². The molecule has 0 bridgehead atoms. The maximum absolute atomic E-state index is 8.71. The van der Waals surface area contributed by atoms with Crippen LogP contribution in [0.2, 0.25) is 0 Å². The number of aliphatic hydroxyl groups excluding tert-OH is 1. The van der Waals surface area contributed by atoms with Gasteiger partial charge in [0, 0.05) is 6.04 Å². The summed E-state index contributed by atoms with van der Waals surface area (Å²) in [6, 6.07) is 0.593. The summed E-state index contributed by atoms with van der Waals surface area (Å²) >= 11 is 0. The van der Waals surface area contributed by atoms with Gasteiger partial charge < -0.3 is 10.4 Å². The molecule has 0 atom stereocenters. The fraction of sp³-hybridized carbons (Fsp3) is 1.00. The standard InChI is InChI=1S/C5H11NO/c1-6-4-2-5(7)3-4/h4-7H,2-3H2,1H3. The average molecular weight is 101 g/mol. The highest BCUT2D eigenvalue weighted by molar-refractivity contribution is 4.82. The second-order valence-electron chi connectivity index (χ2n) is 2.11. The molecule has 1 aliphatic carbocycles.